The maximum absolute atomic E-state index is 3.85. The van der Waals surface area contributed by atoms with Gasteiger partial charge in [0.25, 0.3) is 0 Å². The third kappa shape index (κ3) is 3.63. The lowest BCUT2D eigenvalue weighted by molar-refractivity contribution is 0.0513. The molecule has 3 rings (SSSR count). The summed E-state index contributed by atoms with van der Waals surface area (Å²) >= 11 is 0. The van der Waals surface area contributed by atoms with Crippen LogP contribution < -0.4 is 0 Å². The number of rotatable bonds is 2. The number of nitrogens with zero attached hydrogens (tertiary/aromatic N) is 2. The van der Waals surface area contributed by atoms with Crippen molar-refractivity contribution in [3.63, 3.8) is 0 Å². The van der Waals surface area contributed by atoms with Crippen molar-refractivity contribution in [3.8, 4) is 0 Å². The van der Waals surface area contributed by atoms with Crippen LogP contribution in [0.4, 0.5) is 0 Å². The molecule has 1 saturated heterocycles. The monoisotopic (exact) mass is 318 g/mol. The van der Waals surface area contributed by atoms with E-state index in [-0.39, 0.29) is 0 Å². The maximum Gasteiger partial charge on any atom is 0.147 e. The van der Waals surface area contributed by atoms with Crippen molar-refractivity contribution in [1.82, 2.24) is 9.80 Å². The number of hydrogen-bond acceptors (Lipinski definition) is 2. The first-order valence-corrected chi connectivity index (χ1v) is 10.2. The molecule has 1 aliphatic heterocycles. The molecule has 3 aliphatic rings. The molecule has 0 aromatic carbocycles. The standard InChI is InChI=1S/C21H38N2/c1-14-9-16(3)20(17(4)10-14)22-7-8-23(13-22)21-18(5)11-15(2)12-19(21)6/h14-21H,7-12H2,1-6H3/t14?,15?,16-,17?,18+,19?,20?,21?. The number of hydrogen-bond donors (Lipinski definition) is 0. The Balaban J connectivity index is 1.64. The van der Waals surface area contributed by atoms with Crippen LogP contribution in [0.5, 0.6) is 0 Å². The summed E-state index contributed by atoms with van der Waals surface area (Å²) in [5.74, 6) is 5.03. The zero-order valence-corrected chi connectivity index (χ0v) is 16.3. The minimum Gasteiger partial charge on any atom is -0.275 e. The summed E-state index contributed by atoms with van der Waals surface area (Å²) in [7, 11) is 0. The van der Waals surface area contributed by atoms with Crippen LogP contribution >= 0.6 is 0 Å². The predicted molar refractivity (Wildman–Crippen MR) is 97.7 cm³/mol. The Kier molecular flexibility index (Phi) is 5.43. The van der Waals surface area contributed by atoms with Gasteiger partial charge >= 0.3 is 0 Å². The van der Waals surface area contributed by atoms with Crippen molar-refractivity contribution in [2.45, 2.75) is 79.3 Å². The highest BCUT2D eigenvalue weighted by molar-refractivity contribution is 4.98. The molecule has 2 saturated carbocycles. The average molecular weight is 319 g/mol. The smallest absolute Gasteiger partial charge is 0.147 e. The van der Waals surface area contributed by atoms with E-state index >= 15 is 0 Å². The molecular weight excluding hydrogens is 280 g/mol. The normalized spacial score (nSPS) is 50.3. The molecular formula is C21H38N2. The average Bonchev–Trinajstić information content (AvgIpc) is 2.85. The highest BCUT2D eigenvalue weighted by atomic mass is 15.4. The van der Waals surface area contributed by atoms with Gasteiger partial charge in [0, 0.05) is 25.2 Å². The minimum atomic E-state index is 0.712. The van der Waals surface area contributed by atoms with Gasteiger partial charge in [0.2, 0.25) is 0 Å². The molecule has 8 atom stereocenters. The summed E-state index contributed by atoms with van der Waals surface area (Å²) in [6, 6.07) is 1.42. The molecule has 2 nitrogen and oxygen atoms in total. The Morgan fingerprint density at radius 2 is 0.870 bits per heavy atom. The van der Waals surface area contributed by atoms with Gasteiger partial charge in [0.1, 0.15) is 6.67 Å². The minimum absolute atomic E-state index is 0.712. The highest BCUT2D eigenvalue weighted by Crippen LogP contribution is 2.41. The van der Waals surface area contributed by atoms with Crippen molar-refractivity contribution in [1.29, 1.82) is 0 Å². The van der Waals surface area contributed by atoms with E-state index in [1.807, 2.05) is 0 Å². The molecule has 2 heteroatoms. The van der Waals surface area contributed by atoms with E-state index in [0.29, 0.717) is 12.1 Å². The first kappa shape index (κ1) is 17.7. The van der Waals surface area contributed by atoms with Crippen LogP contribution in [0.15, 0.2) is 0 Å². The second kappa shape index (κ2) is 7.04. The van der Waals surface area contributed by atoms with Crippen molar-refractivity contribution >= 4 is 0 Å². The van der Waals surface area contributed by atoms with Gasteiger partial charge < -0.3 is 0 Å². The van der Waals surface area contributed by atoms with Gasteiger partial charge in [-0.1, -0.05) is 41.5 Å². The molecule has 2 aliphatic carbocycles. The quantitative estimate of drug-likeness (QED) is 0.725. The van der Waals surface area contributed by atoms with Crippen molar-refractivity contribution in [3.05, 3.63) is 6.67 Å². The molecule has 23 heavy (non-hydrogen) atoms. The van der Waals surface area contributed by atoms with E-state index in [2.05, 4.69) is 58.0 Å². The Bertz CT molecular complexity index is 335. The third-order valence-electron chi connectivity index (χ3n) is 6.99. The molecule has 3 fully saturated rings. The molecule has 0 spiro atoms. The van der Waals surface area contributed by atoms with E-state index in [9.17, 15) is 0 Å². The van der Waals surface area contributed by atoms with Crippen LogP contribution in [-0.2, 0) is 0 Å². The summed E-state index contributed by atoms with van der Waals surface area (Å²) in [6.07, 6.45) is 5.56. The topological polar surface area (TPSA) is 6.48 Å². The van der Waals surface area contributed by atoms with Crippen LogP contribution in [-0.4, -0.2) is 35.0 Å². The molecule has 0 bridgehead atoms. The Morgan fingerprint density at radius 3 is 1.17 bits per heavy atom. The van der Waals surface area contributed by atoms with Gasteiger partial charge in [-0.05, 0) is 61.2 Å². The zero-order valence-electron chi connectivity index (χ0n) is 16.3. The van der Waals surface area contributed by atoms with Crippen LogP contribution in [0.25, 0.3) is 0 Å². The summed E-state index contributed by atoms with van der Waals surface area (Å²) in [6.45, 7) is 21.0. The molecule has 0 N–H and O–H groups in total. The lowest BCUT2D eigenvalue weighted by Gasteiger charge is -2.44. The van der Waals surface area contributed by atoms with Gasteiger partial charge in [-0.3, -0.25) is 9.80 Å². The van der Waals surface area contributed by atoms with Crippen LogP contribution in [0.2, 0.25) is 0 Å². The molecule has 0 aromatic heterocycles. The van der Waals surface area contributed by atoms with Gasteiger partial charge in [-0.25, -0.2) is 0 Å². The van der Waals surface area contributed by atoms with E-state index in [0.717, 1.165) is 35.5 Å². The SMILES string of the molecule is CC1CC(C)C(N2[C]N(C3C(C)CC(C)C[C@@H]3C)CC2)[C@H](C)C1. The highest BCUT2D eigenvalue weighted by Gasteiger charge is 2.43. The fourth-order valence-electron chi connectivity index (χ4n) is 6.55. The van der Waals surface area contributed by atoms with Crippen LogP contribution in [0.1, 0.15) is 67.2 Å². The molecule has 6 unspecified atom stereocenters. The lowest BCUT2D eigenvalue weighted by Crippen LogP contribution is -2.48. The first-order valence-electron chi connectivity index (χ1n) is 10.2. The van der Waals surface area contributed by atoms with E-state index in [4.69, 9.17) is 0 Å². The van der Waals surface area contributed by atoms with E-state index < -0.39 is 0 Å². The van der Waals surface area contributed by atoms with Gasteiger partial charge in [0.05, 0.1) is 0 Å². The Labute approximate surface area is 145 Å². The third-order valence-corrected chi connectivity index (χ3v) is 6.99. The summed E-state index contributed by atoms with van der Waals surface area (Å²) in [5.41, 5.74) is 0. The summed E-state index contributed by atoms with van der Waals surface area (Å²) < 4.78 is 0. The molecule has 0 amide bonds. The Morgan fingerprint density at radius 1 is 0.565 bits per heavy atom. The second-order valence-corrected chi connectivity index (χ2v) is 9.53. The van der Waals surface area contributed by atoms with Gasteiger partial charge in [-0.15, -0.1) is 0 Å². The van der Waals surface area contributed by atoms with Crippen LogP contribution in [0, 0.1) is 42.2 Å². The summed E-state index contributed by atoms with van der Waals surface area (Å²) in [5, 5.41) is 0. The fourth-order valence-corrected chi connectivity index (χ4v) is 6.55. The molecule has 0 aromatic rings. The molecule has 2 radical (unpaired) electrons. The van der Waals surface area contributed by atoms with Gasteiger partial charge in [0.15, 0.2) is 0 Å². The Hall–Kier alpha value is -0.0800. The maximum atomic E-state index is 3.85. The van der Waals surface area contributed by atoms with Crippen molar-refractivity contribution in [2.75, 3.05) is 13.1 Å². The lowest BCUT2D eigenvalue weighted by atomic mass is 9.73. The van der Waals surface area contributed by atoms with Crippen LogP contribution in [0.3, 0.4) is 0 Å². The van der Waals surface area contributed by atoms with Crippen molar-refractivity contribution < 1.29 is 0 Å². The summed E-state index contributed by atoms with van der Waals surface area (Å²) in [4.78, 5) is 5.19. The van der Waals surface area contributed by atoms with E-state index in [1.54, 1.807) is 0 Å². The fraction of sp³-hybridized carbons (Fsp3) is 0.952. The van der Waals surface area contributed by atoms with E-state index in [1.165, 1.54) is 38.8 Å². The largest absolute Gasteiger partial charge is 0.275 e. The first-order chi connectivity index (χ1) is 10.9. The second-order valence-electron chi connectivity index (χ2n) is 9.53. The molecule has 1 heterocycles. The van der Waals surface area contributed by atoms with Gasteiger partial charge in [-0.2, -0.15) is 0 Å². The van der Waals surface area contributed by atoms with Crippen molar-refractivity contribution in [2.24, 2.45) is 35.5 Å². The predicted octanol–water partition coefficient (Wildman–Crippen LogP) is 4.74. The zero-order chi connectivity index (χ0) is 16.7. The molecule has 132 valence electrons.